The quantitative estimate of drug-likeness (QED) is 0.595. The molecule has 4 nitrogen and oxygen atoms in total. The maximum Gasteiger partial charge on any atom is 0.322 e. The lowest BCUT2D eigenvalue weighted by molar-refractivity contribution is -0.142. The van der Waals surface area contributed by atoms with E-state index in [-0.39, 0.29) is 11.7 Å². The van der Waals surface area contributed by atoms with Crippen molar-refractivity contribution in [1.29, 1.82) is 0 Å². The van der Waals surface area contributed by atoms with Gasteiger partial charge in [-0.2, -0.15) is 11.8 Å². The third kappa shape index (κ3) is 5.10. The first-order valence-electron chi connectivity index (χ1n) is 5.32. The van der Waals surface area contributed by atoms with Crippen LogP contribution in [0.1, 0.15) is 12.0 Å². The van der Waals surface area contributed by atoms with Crippen LogP contribution in [-0.4, -0.2) is 30.0 Å². The minimum Gasteiger partial charge on any atom is -0.508 e. The largest absolute Gasteiger partial charge is 0.508 e. The first-order valence-corrected chi connectivity index (χ1v) is 6.48. The molecule has 0 amide bonds. The van der Waals surface area contributed by atoms with E-state index in [4.69, 9.17) is 5.73 Å². The Balaban J connectivity index is 2.22. The fourth-order valence-electron chi connectivity index (χ4n) is 1.32. The second-order valence-corrected chi connectivity index (χ2v) is 4.75. The maximum atomic E-state index is 11.0. The molecule has 1 rings (SSSR count). The highest BCUT2D eigenvalue weighted by Crippen LogP contribution is 2.17. The summed E-state index contributed by atoms with van der Waals surface area (Å²) >= 11 is 1.67. The standard InChI is InChI=1S/C12H17NO3S/c1-16-12(15)11(13)5-6-17-8-9-3-2-4-10(14)7-9/h2-4,7,11,14H,5-6,8,13H2,1H3. The summed E-state index contributed by atoms with van der Waals surface area (Å²) in [5.41, 5.74) is 6.66. The van der Waals surface area contributed by atoms with Crippen molar-refractivity contribution in [3.8, 4) is 5.75 Å². The Morgan fingerprint density at radius 3 is 3.00 bits per heavy atom. The highest BCUT2D eigenvalue weighted by molar-refractivity contribution is 7.98. The fourth-order valence-corrected chi connectivity index (χ4v) is 2.30. The van der Waals surface area contributed by atoms with E-state index in [9.17, 15) is 9.90 Å². The number of thioether (sulfide) groups is 1. The molecule has 0 saturated carbocycles. The first-order chi connectivity index (χ1) is 8.13. The van der Waals surface area contributed by atoms with Crippen molar-refractivity contribution in [3.63, 3.8) is 0 Å². The van der Waals surface area contributed by atoms with Crippen molar-refractivity contribution < 1.29 is 14.6 Å². The summed E-state index contributed by atoms with van der Waals surface area (Å²) in [5, 5.41) is 9.27. The molecule has 0 saturated heterocycles. The number of hydrogen-bond donors (Lipinski definition) is 2. The third-order valence-electron chi connectivity index (χ3n) is 2.26. The molecule has 1 aromatic rings. The van der Waals surface area contributed by atoms with Gasteiger partial charge in [0, 0.05) is 5.75 Å². The van der Waals surface area contributed by atoms with Crippen molar-refractivity contribution in [1.82, 2.24) is 0 Å². The van der Waals surface area contributed by atoms with Crippen LogP contribution in [0.2, 0.25) is 0 Å². The van der Waals surface area contributed by atoms with Crippen molar-refractivity contribution in [3.05, 3.63) is 29.8 Å². The van der Waals surface area contributed by atoms with Gasteiger partial charge in [0.2, 0.25) is 0 Å². The molecule has 0 aliphatic heterocycles. The van der Waals surface area contributed by atoms with Gasteiger partial charge in [0.15, 0.2) is 0 Å². The Labute approximate surface area is 105 Å². The van der Waals surface area contributed by atoms with Crippen LogP contribution in [0.5, 0.6) is 5.75 Å². The Hall–Kier alpha value is -1.20. The lowest BCUT2D eigenvalue weighted by Crippen LogP contribution is -2.31. The van der Waals surface area contributed by atoms with E-state index >= 15 is 0 Å². The van der Waals surface area contributed by atoms with E-state index in [1.165, 1.54) is 7.11 Å². The van der Waals surface area contributed by atoms with E-state index in [0.29, 0.717) is 6.42 Å². The Kier molecular flexibility index (Phi) is 5.86. The molecule has 0 aliphatic rings. The van der Waals surface area contributed by atoms with Crippen molar-refractivity contribution in [2.75, 3.05) is 12.9 Å². The van der Waals surface area contributed by atoms with Gasteiger partial charge in [0.25, 0.3) is 0 Å². The van der Waals surface area contributed by atoms with Crippen LogP contribution < -0.4 is 5.73 Å². The van der Waals surface area contributed by atoms with Crippen LogP contribution in [0.25, 0.3) is 0 Å². The lowest BCUT2D eigenvalue weighted by Gasteiger charge is -2.08. The second kappa shape index (κ2) is 7.19. The predicted octanol–water partition coefficient (Wildman–Crippen LogP) is 1.52. The number of nitrogens with two attached hydrogens (primary N) is 1. The summed E-state index contributed by atoms with van der Waals surface area (Å²) in [7, 11) is 1.34. The third-order valence-corrected chi connectivity index (χ3v) is 3.32. The van der Waals surface area contributed by atoms with Crippen molar-refractivity contribution in [2.24, 2.45) is 5.73 Å². The number of ether oxygens (including phenoxy) is 1. The maximum absolute atomic E-state index is 11.0. The molecule has 0 bridgehead atoms. The van der Waals surface area contributed by atoms with Gasteiger partial charge in [-0.15, -0.1) is 0 Å². The minimum atomic E-state index is -0.545. The molecule has 94 valence electrons. The van der Waals surface area contributed by atoms with Gasteiger partial charge in [-0.3, -0.25) is 4.79 Å². The van der Waals surface area contributed by atoms with Gasteiger partial charge >= 0.3 is 5.97 Å². The molecule has 3 N–H and O–H groups in total. The molecule has 1 unspecified atom stereocenters. The average molecular weight is 255 g/mol. The topological polar surface area (TPSA) is 72.5 Å². The summed E-state index contributed by atoms with van der Waals surface area (Å²) in [5.74, 6) is 1.48. The SMILES string of the molecule is COC(=O)C(N)CCSCc1cccc(O)c1. The molecular formula is C12H17NO3S. The molecule has 1 aromatic carbocycles. The number of aromatic hydroxyl groups is 1. The average Bonchev–Trinajstić information content (AvgIpc) is 2.33. The van der Waals surface area contributed by atoms with Gasteiger partial charge in [-0.1, -0.05) is 12.1 Å². The Bertz CT molecular complexity index is 371. The van der Waals surface area contributed by atoms with Crippen LogP contribution in [0.3, 0.4) is 0 Å². The highest BCUT2D eigenvalue weighted by Gasteiger charge is 2.12. The number of benzene rings is 1. The van der Waals surface area contributed by atoms with Gasteiger partial charge < -0.3 is 15.6 Å². The first kappa shape index (κ1) is 13.9. The number of carbonyl (C=O) groups is 1. The molecule has 0 aliphatic carbocycles. The molecule has 0 fully saturated rings. The lowest BCUT2D eigenvalue weighted by atomic mass is 10.2. The summed E-state index contributed by atoms with van der Waals surface area (Å²) in [6.45, 7) is 0. The highest BCUT2D eigenvalue weighted by atomic mass is 32.2. The van der Waals surface area contributed by atoms with E-state index in [0.717, 1.165) is 17.1 Å². The second-order valence-electron chi connectivity index (χ2n) is 3.64. The van der Waals surface area contributed by atoms with E-state index in [1.807, 2.05) is 12.1 Å². The monoisotopic (exact) mass is 255 g/mol. The van der Waals surface area contributed by atoms with Crippen molar-refractivity contribution in [2.45, 2.75) is 18.2 Å². The van der Waals surface area contributed by atoms with Crippen LogP contribution in [0.15, 0.2) is 24.3 Å². The summed E-state index contributed by atoms with van der Waals surface area (Å²) < 4.78 is 4.54. The van der Waals surface area contributed by atoms with E-state index < -0.39 is 6.04 Å². The summed E-state index contributed by atoms with van der Waals surface area (Å²) in [6, 6.07) is 6.59. The smallest absolute Gasteiger partial charge is 0.322 e. The molecule has 0 radical (unpaired) electrons. The Morgan fingerprint density at radius 1 is 1.59 bits per heavy atom. The molecule has 17 heavy (non-hydrogen) atoms. The minimum absolute atomic E-state index is 0.273. The van der Waals surface area contributed by atoms with Gasteiger partial charge in [-0.25, -0.2) is 0 Å². The normalized spacial score (nSPS) is 12.1. The molecule has 0 spiro atoms. The van der Waals surface area contributed by atoms with Crippen LogP contribution in [0, 0.1) is 0 Å². The zero-order valence-corrected chi connectivity index (χ0v) is 10.6. The van der Waals surface area contributed by atoms with Gasteiger partial charge in [0.05, 0.1) is 7.11 Å². The molecule has 1 atom stereocenters. The van der Waals surface area contributed by atoms with Crippen LogP contribution >= 0.6 is 11.8 Å². The van der Waals surface area contributed by atoms with Gasteiger partial charge in [-0.05, 0) is 29.9 Å². The summed E-state index contributed by atoms with van der Waals surface area (Å²) in [6.07, 6.45) is 0.593. The zero-order chi connectivity index (χ0) is 12.7. The number of carbonyl (C=O) groups excluding carboxylic acids is 1. The number of methoxy groups -OCH3 is 1. The fraction of sp³-hybridized carbons (Fsp3) is 0.417. The number of phenolic OH excluding ortho intramolecular Hbond substituents is 1. The number of rotatable bonds is 6. The number of esters is 1. The van der Waals surface area contributed by atoms with Crippen LogP contribution in [0.4, 0.5) is 0 Å². The van der Waals surface area contributed by atoms with E-state index in [2.05, 4.69) is 4.74 Å². The molecule has 0 aromatic heterocycles. The molecule has 5 heteroatoms. The summed E-state index contributed by atoms with van der Waals surface area (Å²) in [4.78, 5) is 11.0. The number of phenols is 1. The predicted molar refractivity (Wildman–Crippen MR) is 68.9 cm³/mol. The zero-order valence-electron chi connectivity index (χ0n) is 9.76. The van der Waals surface area contributed by atoms with Crippen molar-refractivity contribution >= 4 is 17.7 Å². The molecule has 0 heterocycles. The van der Waals surface area contributed by atoms with E-state index in [1.54, 1.807) is 23.9 Å². The van der Waals surface area contributed by atoms with Gasteiger partial charge in [0.1, 0.15) is 11.8 Å². The molecular weight excluding hydrogens is 238 g/mol. The Morgan fingerprint density at radius 2 is 2.35 bits per heavy atom. The van der Waals surface area contributed by atoms with Crippen LogP contribution in [-0.2, 0) is 15.3 Å². The number of hydrogen-bond acceptors (Lipinski definition) is 5.